The lowest BCUT2D eigenvalue weighted by Crippen LogP contribution is -2.35. The summed E-state index contributed by atoms with van der Waals surface area (Å²) in [5.41, 5.74) is 8.24. The molecule has 1 aromatic heterocycles. The van der Waals surface area contributed by atoms with Gasteiger partial charge in [0.15, 0.2) is 0 Å². The number of aromatic nitrogens is 2. The van der Waals surface area contributed by atoms with Crippen molar-refractivity contribution in [3.63, 3.8) is 0 Å². The summed E-state index contributed by atoms with van der Waals surface area (Å²) in [5, 5.41) is 4.44. The first-order valence-corrected chi connectivity index (χ1v) is 6.64. The Morgan fingerprint density at radius 3 is 2.95 bits per heavy atom. The molecule has 0 radical (unpaired) electrons. The van der Waals surface area contributed by atoms with E-state index in [2.05, 4.69) is 12.0 Å². The quantitative estimate of drug-likeness (QED) is 0.828. The number of nitrogens with zero attached hydrogens (tertiary/aromatic N) is 3. The van der Waals surface area contributed by atoms with Gasteiger partial charge in [0.1, 0.15) is 0 Å². The first kappa shape index (κ1) is 14.0. The maximum atomic E-state index is 12.0. The van der Waals surface area contributed by atoms with Gasteiger partial charge in [-0.1, -0.05) is 6.92 Å². The van der Waals surface area contributed by atoms with E-state index in [4.69, 9.17) is 10.5 Å². The second-order valence-electron chi connectivity index (χ2n) is 4.95. The van der Waals surface area contributed by atoms with Crippen LogP contribution in [-0.4, -0.2) is 46.9 Å². The van der Waals surface area contributed by atoms with Crippen molar-refractivity contribution in [2.24, 2.45) is 12.8 Å². The Hall–Kier alpha value is -1.40. The van der Waals surface area contributed by atoms with Crippen molar-refractivity contribution in [3.05, 3.63) is 17.5 Å². The number of carbonyl (C=O) groups is 1. The highest BCUT2D eigenvalue weighted by molar-refractivity contribution is 5.80. The molecule has 1 saturated heterocycles. The fourth-order valence-electron chi connectivity index (χ4n) is 2.74. The van der Waals surface area contributed by atoms with E-state index >= 15 is 0 Å². The van der Waals surface area contributed by atoms with Crippen LogP contribution in [0.3, 0.4) is 0 Å². The molecule has 0 aliphatic carbocycles. The molecule has 2 N–H and O–H groups in total. The van der Waals surface area contributed by atoms with Crippen LogP contribution in [0.1, 0.15) is 30.6 Å². The lowest BCUT2D eigenvalue weighted by Gasteiger charge is -2.26. The van der Waals surface area contributed by atoms with E-state index in [9.17, 15) is 4.79 Å². The number of hydrogen-bond donors (Lipinski definition) is 1. The zero-order chi connectivity index (χ0) is 14.0. The van der Waals surface area contributed by atoms with Gasteiger partial charge in [0, 0.05) is 44.9 Å². The number of likely N-dealkylation sites (tertiary alicyclic amines) is 1. The van der Waals surface area contributed by atoms with Crippen molar-refractivity contribution in [3.8, 4) is 0 Å². The van der Waals surface area contributed by atoms with Gasteiger partial charge in [0.05, 0.1) is 18.3 Å². The summed E-state index contributed by atoms with van der Waals surface area (Å²) in [7, 11) is 3.53. The number of aryl methyl sites for hydroxylation is 2. The third kappa shape index (κ3) is 2.64. The third-order valence-electron chi connectivity index (χ3n) is 3.60. The van der Waals surface area contributed by atoms with Gasteiger partial charge in [-0.15, -0.1) is 0 Å². The summed E-state index contributed by atoms with van der Waals surface area (Å²) in [6.45, 7) is 3.16. The third-order valence-corrected chi connectivity index (χ3v) is 3.60. The molecule has 2 atom stereocenters. The molecule has 0 bridgehead atoms. The van der Waals surface area contributed by atoms with E-state index in [1.54, 1.807) is 11.8 Å². The van der Waals surface area contributed by atoms with Crippen LogP contribution in [0, 0.1) is 0 Å². The molecule has 0 aromatic carbocycles. The van der Waals surface area contributed by atoms with Crippen molar-refractivity contribution in [1.29, 1.82) is 0 Å². The predicted octanol–water partition coefficient (Wildman–Crippen LogP) is 0.230. The summed E-state index contributed by atoms with van der Waals surface area (Å²) in [4.78, 5) is 13.9. The zero-order valence-corrected chi connectivity index (χ0v) is 11.8. The summed E-state index contributed by atoms with van der Waals surface area (Å²) in [5.74, 6) is 0.0976. The average Bonchev–Trinajstić information content (AvgIpc) is 2.86. The first-order chi connectivity index (χ1) is 9.08. The highest BCUT2D eigenvalue weighted by Gasteiger charge is 2.40. The van der Waals surface area contributed by atoms with E-state index in [0.717, 1.165) is 17.7 Å². The summed E-state index contributed by atoms with van der Waals surface area (Å²) >= 11 is 0. The number of hydrogen-bond acceptors (Lipinski definition) is 4. The molecule has 1 aliphatic rings. The number of nitrogens with two attached hydrogens (primary N) is 1. The summed E-state index contributed by atoms with van der Waals surface area (Å²) in [6.07, 6.45) is 3.21. The zero-order valence-electron chi connectivity index (χ0n) is 11.8. The molecule has 1 amide bonds. The summed E-state index contributed by atoms with van der Waals surface area (Å²) < 4.78 is 6.87. The highest BCUT2D eigenvalue weighted by Crippen LogP contribution is 2.33. The maximum Gasteiger partial charge on any atom is 0.224 e. The number of amides is 1. The van der Waals surface area contributed by atoms with Crippen LogP contribution in [0.5, 0.6) is 0 Å². The molecule has 6 nitrogen and oxygen atoms in total. The van der Waals surface area contributed by atoms with E-state index < -0.39 is 0 Å². The van der Waals surface area contributed by atoms with Gasteiger partial charge >= 0.3 is 0 Å². The Morgan fingerprint density at radius 1 is 1.58 bits per heavy atom. The van der Waals surface area contributed by atoms with E-state index in [0.29, 0.717) is 19.6 Å². The monoisotopic (exact) mass is 266 g/mol. The van der Waals surface area contributed by atoms with Crippen molar-refractivity contribution < 1.29 is 9.53 Å². The second kappa shape index (κ2) is 5.71. The Bertz CT molecular complexity index is 457. The Balaban J connectivity index is 2.30. The van der Waals surface area contributed by atoms with Gasteiger partial charge in [0.25, 0.3) is 0 Å². The number of methoxy groups -OCH3 is 1. The molecule has 19 heavy (non-hydrogen) atoms. The molecule has 1 aliphatic heterocycles. The molecular formula is C13H22N4O2. The number of rotatable bonds is 5. The number of carbonyl (C=O) groups excluding carboxylic acids is 1. The van der Waals surface area contributed by atoms with Gasteiger partial charge in [-0.05, 0) is 6.42 Å². The van der Waals surface area contributed by atoms with E-state index in [1.807, 2.05) is 18.1 Å². The van der Waals surface area contributed by atoms with Crippen LogP contribution in [-0.2, 0) is 23.0 Å². The molecule has 1 aromatic rings. The molecule has 106 valence electrons. The minimum atomic E-state index is -0.168. The van der Waals surface area contributed by atoms with Gasteiger partial charge < -0.3 is 15.4 Å². The normalized spacial score (nSPS) is 23.4. The Morgan fingerprint density at radius 2 is 2.32 bits per heavy atom. The molecule has 2 heterocycles. The number of ether oxygens (including phenoxy) is 1. The largest absolute Gasteiger partial charge is 0.383 e. The maximum absolute atomic E-state index is 12.0. The standard InChI is InChI=1S/C13H22N4O2/c1-4-11-9(8-16(2)15-11)13-10(14)7-12(18)17(13)5-6-19-3/h8,10,13H,4-7,14H2,1-3H3. The minimum absolute atomic E-state index is 0.0775. The van der Waals surface area contributed by atoms with E-state index in [-0.39, 0.29) is 18.0 Å². The Kier molecular flexibility index (Phi) is 4.21. The van der Waals surface area contributed by atoms with Gasteiger partial charge in [-0.3, -0.25) is 9.48 Å². The van der Waals surface area contributed by atoms with Crippen molar-refractivity contribution in [2.75, 3.05) is 20.3 Å². The van der Waals surface area contributed by atoms with Crippen molar-refractivity contribution >= 4 is 5.91 Å². The Labute approximate surface area is 113 Å². The first-order valence-electron chi connectivity index (χ1n) is 6.64. The molecule has 6 heteroatoms. The SMILES string of the molecule is CCc1nn(C)cc1C1C(N)CC(=O)N1CCOC. The van der Waals surface area contributed by atoms with Crippen LogP contribution >= 0.6 is 0 Å². The minimum Gasteiger partial charge on any atom is -0.383 e. The van der Waals surface area contributed by atoms with Gasteiger partial charge in [0.2, 0.25) is 5.91 Å². The molecule has 1 fully saturated rings. The van der Waals surface area contributed by atoms with Gasteiger partial charge in [-0.25, -0.2) is 0 Å². The molecule has 0 saturated carbocycles. The molecule has 2 unspecified atom stereocenters. The van der Waals surface area contributed by atoms with Crippen LogP contribution in [0.2, 0.25) is 0 Å². The lowest BCUT2D eigenvalue weighted by molar-refractivity contribution is -0.129. The molecular weight excluding hydrogens is 244 g/mol. The molecule has 0 spiro atoms. The van der Waals surface area contributed by atoms with Crippen LogP contribution < -0.4 is 5.73 Å². The fourth-order valence-corrected chi connectivity index (χ4v) is 2.74. The van der Waals surface area contributed by atoms with E-state index in [1.165, 1.54) is 0 Å². The topological polar surface area (TPSA) is 73.4 Å². The van der Waals surface area contributed by atoms with Crippen molar-refractivity contribution in [1.82, 2.24) is 14.7 Å². The van der Waals surface area contributed by atoms with Gasteiger partial charge in [-0.2, -0.15) is 5.10 Å². The van der Waals surface area contributed by atoms with Crippen LogP contribution in [0.25, 0.3) is 0 Å². The average molecular weight is 266 g/mol. The van der Waals surface area contributed by atoms with Crippen molar-refractivity contribution in [2.45, 2.75) is 31.8 Å². The smallest absolute Gasteiger partial charge is 0.224 e. The van der Waals surface area contributed by atoms with Crippen LogP contribution in [0.4, 0.5) is 0 Å². The second-order valence-corrected chi connectivity index (χ2v) is 4.95. The summed E-state index contributed by atoms with van der Waals surface area (Å²) in [6, 6.07) is -0.245. The predicted molar refractivity (Wildman–Crippen MR) is 71.5 cm³/mol. The van der Waals surface area contributed by atoms with Crippen LogP contribution in [0.15, 0.2) is 6.20 Å². The highest BCUT2D eigenvalue weighted by atomic mass is 16.5. The fraction of sp³-hybridized carbons (Fsp3) is 0.692. The molecule has 2 rings (SSSR count). The lowest BCUT2D eigenvalue weighted by atomic mass is 10.0.